The van der Waals surface area contributed by atoms with E-state index in [-0.39, 0.29) is 11.4 Å². The Labute approximate surface area is 151 Å². The van der Waals surface area contributed by atoms with Gasteiger partial charge in [-0.3, -0.25) is 4.68 Å². The summed E-state index contributed by atoms with van der Waals surface area (Å²) in [6.07, 6.45) is 1.79. The molecule has 132 valence electrons. The van der Waals surface area contributed by atoms with Crippen molar-refractivity contribution in [1.82, 2.24) is 9.78 Å². The Morgan fingerprint density at radius 3 is 2.27 bits per heavy atom. The molecule has 0 aliphatic rings. The lowest BCUT2D eigenvalue weighted by Gasteiger charge is -2.05. The number of hydrogen-bond acceptors (Lipinski definition) is 5. The number of methoxy groups -OCH3 is 1. The van der Waals surface area contributed by atoms with Crippen LogP contribution in [0.3, 0.4) is 0 Å². The van der Waals surface area contributed by atoms with E-state index in [0.29, 0.717) is 5.69 Å². The average Bonchev–Trinajstić information content (AvgIpc) is 3.05. The second-order valence-electron chi connectivity index (χ2n) is 5.54. The van der Waals surface area contributed by atoms with E-state index in [1.54, 1.807) is 30.1 Å². The number of rotatable bonds is 5. The van der Waals surface area contributed by atoms with Crippen LogP contribution in [-0.2, 0) is 16.6 Å². The molecule has 0 amide bonds. The molecule has 0 radical (unpaired) electrons. The zero-order chi connectivity index (χ0) is 18.7. The van der Waals surface area contributed by atoms with Crippen molar-refractivity contribution in [2.75, 3.05) is 7.11 Å². The Kier molecular flexibility index (Phi) is 4.75. The van der Waals surface area contributed by atoms with E-state index in [1.807, 2.05) is 24.3 Å². The van der Waals surface area contributed by atoms with E-state index in [9.17, 15) is 8.42 Å². The lowest BCUT2D eigenvalue weighted by molar-refractivity contribution is 0.415. The highest BCUT2D eigenvalue weighted by Gasteiger charge is 2.15. The van der Waals surface area contributed by atoms with E-state index in [2.05, 4.69) is 11.2 Å². The summed E-state index contributed by atoms with van der Waals surface area (Å²) in [6, 6.07) is 15.7. The normalized spacial score (nSPS) is 11.1. The molecule has 0 unspecified atom stereocenters. The van der Waals surface area contributed by atoms with Crippen molar-refractivity contribution in [1.29, 1.82) is 5.26 Å². The van der Waals surface area contributed by atoms with Crippen molar-refractivity contribution in [3.8, 4) is 34.2 Å². The summed E-state index contributed by atoms with van der Waals surface area (Å²) in [5.41, 5.74) is 3.10. The SMILES string of the molecule is COc1ccc(-c2cn(CC#N)nc2-c2ccc(S(N)(=O)=O)cc2)cc1. The van der Waals surface area contributed by atoms with Crippen molar-refractivity contribution in [2.45, 2.75) is 11.4 Å². The number of sulfonamides is 1. The highest BCUT2D eigenvalue weighted by Crippen LogP contribution is 2.32. The maximum absolute atomic E-state index is 11.4. The van der Waals surface area contributed by atoms with Crippen LogP contribution in [0.2, 0.25) is 0 Å². The molecule has 0 atom stereocenters. The summed E-state index contributed by atoms with van der Waals surface area (Å²) in [5, 5.41) is 18.6. The second kappa shape index (κ2) is 7.00. The molecule has 0 saturated heterocycles. The van der Waals surface area contributed by atoms with Crippen LogP contribution < -0.4 is 9.88 Å². The number of benzene rings is 2. The van der Waals surface area contributed by atoms with E-state index >= 15 is 0 Å². The van der Waals surface area contributed by atoms with E-state index in [0.717, 1.165) is 22.4 Å². The third kappa shape index (κ3) is 3.59. The van der Waals surface area contributed by atoms with Crippen LogP contribution in [0.25, 0.3) is 22.4 Å². The molecule has 1 aromatic heterocycles. The molecule has 0 aliphatic carbocycles. The van der Waals surface area contributed by atoms with Gasteiger partial charge in [-0.15, -0.1) is 0 Å². The monoisotopic (exact) mass is 368 g/mol. The van der Waals surface area contributed by atoms with Crippen molar-refractivity contribution < 1.29 is 13.2 Å². The van der Waals surface area contributed by atoms with E-state index in [4.69, 9.17) is 15.1 Å². The van der Waals surface area contributed by atoms with Crippen molar-refractivity contribution in [3.05, 3.63) is 54.7 Å². The summed E-state index contributed by atoms with van der Waals surface area (Å²) in [5.74, 6) is 0.734. The van der Waals surface area contributed by atoms with Gasteiger partial charge in [-0.25, -0.2) is 13.6 Å². The summed E-state index contributed by atoms with van der Waals surface area (Å²) in [7, 11) is -2.16. The quantitative estimate of drug-likeness (QED) is 0.743. The topological polar surface area (TPSA) is 111 Å². The summed E-state index contributed by atoms with van der Waals surface area (Å²) < 4.78 is 29.6. The molecule has 26 heavy (non-hydrogen) atoms. The van der Waals surface area contributed by atoms with Gasteiger partial charge in [0.25, 0.3) is 0 Å². The molecule has 3 aromatic rings. The van der Waals surface area contributed by atoms with Gasteiger partial charge in [0.1, 0.15) is 18.0 Å². The molecule has 8 heteroatoms. The maximum Gasteiger partial charge on any atom is 0.238 e. The van der Waals surface area contributed by atoms with Gasteiger partial charge >= 0.3 is 0 Å². The first kappa shape index (κ1) is 17.7. The fourth-order valence-corrected chi connectivity index (χ4v) is 3.09. The van der Waals surface area contributed by atoms with Crippen molar-refractivity contribution in [3.63, 3.8) is 0 Å². The molecular formula is C18H16N4O3S. The van der Waals surface area contributed by atoms with Crippen LogP contribution >= 0.6 is 0 Å². The minimum Gasteiger partial charge on any atom is -0.497 e. The van der Waals surface area contributed by atoms with Crippen LogP contribution in [0.1, 0.15) is 0 Å². The van der Waals surface area contributed by atoms with Gasteiger partial charge in [0.2, 0.25) is 10.0 Å². The van der Waals surface area contributed by atoms with E-state index < -0.39 is 10.0 Å². The zero-order valence-corrected chi connectivity index (χ0v) is 14.8. The molecule has 3 rings (SSSR count). The van der Waals surface area contributed by atoms with Crippen LogP contribution in [0.5, 0.6) is 5.75 Å². The zero-order valence-electron chi connectivity index (χ0n) is 14.0. The molecule has 0 saturated carbocycles. The number of ether oxygens (including phenoxy) is 1. The molecule has 2 N–H and O–H groups in total. The third-order valence-electron chi connectivity index (χ3n) is 3.85. The van der Waals surface area contributed by atoms with Gasteiger partial charge in [0.05, 0.1) is 18.1 Å². The summed E-state index contributed by atoms with van der Waals surface area (Å²) in [4.78, 5) is 0.0312. The smallest absolute Gasteiger partial charge is 0.238 e. The van der Waals surface area contributed by atoms with Gasteiger partial charge in [0.15, 0.2) is 0 Å². The molecule has 0 bridgehead atoms. The molecule has 7 nitrogen and oxygen atoms in total. The van der Waals surface area contributed by atoms with Gasteiger partial charge < -0.3 is 4.74 Å². The number of nitriles is 1. The highest BCUT2D eigenvalue weighted by atomic mass is 32.2. The minimum atomic E-state index is -3.76. The first-order valence-corrected chi connectivity index (χ1v) is 9.19. The van der Waals surface area contributed by atoms with Crippen LogP contribution in [0, 0.1) is 11.3 Å². The van der Waals surface area contributed by atoms with Crippen LogP contribution in [0.4, 0.5) is 0 Å². The first-order chi connectivity index (χ1) is 12.4. The van der Waals surface area contributed by atoms with Gasteiger partial charge in [-0.2, -0.15) is 10.4 Å². The standard InChI is InChI=1S/C18H16N4O3S/c1-25-15-6-2-13(3-7-15)17-12-22(11-10-19)21-18(17)14-4-8-16(9-5-14)26(20,23)24/h2-9,12H,11H2,1H3,(H2,20,23,24). The second-order valence-corrected chi connectivity index (χ2v) is 7.11. The molecule has 0 fully saturated rings. The molecule has 2 aromatic carbocycles. The fourth-order valence-electron chi connectivity index (χ4n) is 2.57. The van der Waals surface area contributed by atoms with Crippen molar-refractivity contribution >= 4 is 10.0 Å². The number of nitrogens with zero attached hydrogens (tertiary/aromatic N) is 3. The number of nitrogens with two attached hydrogens (primary N) is 1. The third-order valence-corrected chi connectivity index (χ3v) is 4.78. The van der Waals surface area contributed by atoms with Gasteiger partial charge in [0, 0.05) is 17.3 Å². The number of hydrogen-bond donors (Lipinski definition) is 1. The average molecular weight is 368 g/mol. The first-order valence-electron chi connectivity index (χ1n) is 7.64. The Bertz CT molecular complexity index is 1060. The minimum absolute atomic E-state index is 0.0312. The Morgan fingerprint density at radius 2 is 1.73 bits per heavy atom. The molecule has 1 heterocycles. The molecule has 0 aliphatic heterocycles. The van der Waals surface area contributed by atoms with E-state index in [1.165, 1.54) is 12.1 Å². The highest BCUT2D eigenvalue weighted by molar-refractivity contribution is 7.89. The summed E-state index contributed by atoms with van der Waals surface area (Å²) in [6.45, 7) is 0.110. The van der Waals surface area contributed by atoms with Crippen LogP contribution in [0.15, 0.2) is 59.6 Å². The molecular weight excluding hydrogens is 352 g/mol. The lowest BCUT2D eigenvalue weighted by Crippen LogP contribution is -2.11. The van der Waals surface area contributed by atoms with Gasteiger partial charge in [-0.05, 0) is 29.8 Å². The number of aromatic nitrogens is 2. The predicted molar refractivity (Wildman–Crippen MR) is 96.6 cm³/mol. The largest absolute Gasteiger partial charge is 0.497 e. The lowest BCUT2D eigenvalue weighted by atomic mass is 10.0. The van der Waals surface area contributed by atoms with Gasteiger partial charge in [-0.1, -0.05) is 24.3 Å². The Morgan fingerprint density at radius 1 is 1.12 bits per heavy atom. The summed E-state index contributed by atoms with van der Waals surface area (Å²) >= 11 is 0. The molecule has 0 spiro atoms. The van der Waals surface area contributed by atoms with Crippen LogP contribution in [-0.4, -0.2) is 25.3 Å². The predicted octanol–water partition coefficient (Wildman–Crippen LogP) is 2.40. The van der Waals surface area contributed by atoms with Crippen molar-refractivity contribution in [2.24, 2.45) is 5.14 Å². The Hall–Kier alpha value is -3.15. The maximum atomic E-state index is 11.4. The fraction of sp³-hybridized carbons (Fsp3) is 0.111. The number of primary sulfonamides is 1. The Balaban J connectivity index is 2.09.